The lowest BCUT2D eigenvalue weighted by atomic mass is 9.96. The molecule has 3 rings (SSSR count). The fourth-order valence-electron chi connectivity index (χ4n) is 3.10. The second kappa shape index (κ2) is 5.68. The van der Waals surface area contributed by atoms with Gasteiger partial charge in [0.1, 0.15) is 0 Å². The highest BCUT2D eigenvalue weighted by atomic mass is 15.1. The molecule has 112 valence electrons. The molecule has 0 amide bonds. The predicted molar refractivity (Wildman–Crippen MR) is 95.0 cm³/mol. The Morgan fingerprint density at radius 2 is 1.64 bits per heavy atom. The van der Waals surface area contributed by atoms with Gasteiger partial charge in [0.05, 0.1) is 11.4 Å². The Bertz CT molecular complexity index is 744. The smallest absolute Gasteiger partial charge is 0.0954 e. The van der Waals surface area contributed by atoms with Crippen LogP contribution in [0.15, 0.2) is 53.5 Å². The molecule has 0 saturated carbocycles. The van der Waals surface area contributed by atoms with Crippen LogP contribution in [0.1, 0.15) is 16.7 Å². The molecule has 2 aromatic rings. The van der Waals surface area contributed by atoms with E-state index in [2.05, 4.69) is 91.2 Å². The molecule has 1 aliphatic heterocycles. The minimum atomic E-state index is 0.870. The van der Waals surface area contributed by atoms with E-state index in [0.29, 0.717) is 0 Å². The van der Waals surface area contributed by atoms with E-state index in [9.17, 15) is 0 Å². The Kier molecular flexibility index (Phi) is 3.72. The first-order valence-corrected chi connectivity index (χ1v) is 7.40. The monoisotopic (exact) mass is 291 g/mol. The molecule has 22 heavy (non-hydrogen) atoms. The van der Waals surface area contributed by atoms with Crippen LogP contribution in [-0.2, 0) is 6.54 Å². The maximum Gasteiger partial charge on any atom is 0.0954 e. The quantitative estimate of drug-likeness (QED) is 0.785. The highest BCUT2D eigenvalue weighted by Gasteiger charge is 2.22. The predicted octanol–water partition coefficient (Wildman–Crippen LogP) is 3.72. The zero-order valence-corrected chi connectivity index (χ0v) is 13.4. The topological polar surface area (TPSA) is 18.8 Å². The van der Waals surface area contributed by atoms with Crippen LogP contribution in [0.3, 0.4) is 0 Å². The van der Waals surface area contributed by atoms with Crippen molar-refractivity contribution >= 4 is 23.8 Å². The van der Waals surface area contributed by atoms with Crippen LogP contribution in [0.4, 0.5) is 5.69 Å². The van der Waals surface area contributed by atoms with Gasteiger partial charge in [-0.15, -0.1) is 0 Å². The van der Waals surface area contributed by atoms with E-state index in [4.69, 9.17) is 0 Å². The number of para-hydroxylation sites is 1. The number of hydrogen-bond acceptors (Lipinski definition) is 3. The maximum atomic E-state index is 4.39. The molecule has 3 heteroatoms. The van der Waals surface area contributed by atoms with Gasteiger partial charge in [-0.2, -0.15) is 0 Å². The first kappa shape index (κ1) is 14.4. The molecular formula is C19H21N3. The molecule has 0 aromatic heterocycles. The molecule has 0 spiro atoms. The summed E-state index contributed by atoms with van der Waals surface area (Å²) >= 11 is 0. The van der Waals surface area contributed by atoms with Crippen LogP contribution in [0, 0.1) is 0 Å². The molecule has 0 aliphatic carbocycles. The number of hydrogen-bond donors (Lipinski definition) is 0. The molecule has 0 atom stereocenters. The Labute approximate surface area is 132 Å². The lowest BCUT2D eigenvalue weighted by molar-refractivity contribution is 0.591. The van der Waals surface area contributed by atoms with Crippen molar-refractivity contribution in [1.29, 1.82) is 0 Å². The molecule has 1 heterocycles. The second-order valence-electron chi connectivity index (χ2n) is 5.78. The van der Waals surface area contributed by atoms with E-state index in [0.717, 1.165) is 23.5 Å². The summed E-state index contributed by atoms with van der Waals surface area (Å²) in [6.07, 6.45) is 0. The van der Waals surface area contributed by atoms with Gasteiger partial charge >= 0.3 is 0 Å². The van der Waals surface area contributed by atoms with E-state index in [1.807, 2.05) is 0 Å². The first-order chi connectivity index (χ1) is 10.6. The van der Waals surface area contributed by atoms with E-state index in [-0.39, 0.29) is 0 Å². The molecule has 1 aliphatic rings. The summed E-state index contributed by atoms with van der Waals surface area (Å²) in [6, 6.07) is 16.9. The van der Waals surface area contributed by atoms with Gasteiger partial charge in [0.2, 0.25) is 0 Å². The number of anilines is 1. The zero-order chi connectivity index (χ0) is 15.7. The van der Waals surface area contributed by atoms with E-state index < -0.39 is 0 Å². The Balaban J connectivity index is 2.41. The fourth-order valence-corrected chi connectivity index (χ4v) is 3.10. The summed E-state index contributed by atoms with van der Waals surface area (Å²) in [5.74, 6) is 0. The van der Waals surface area contributed by atoms with Crippen molar-refractivity contribution in [3.05, 3.63) is 65.2 Å². The molecule has 0 fully saturated rings. The number of nitrogens with zero attached hydrogens (tertiary/aromatic N) is 3. The molecule has 0 radical (unpaired) electrons. The molecule has 2 aromatic carbocycles. The van der Waals surface area contributed by atoms with Gasteiger partial charge < -0.3 is 9.80 Å². The number of fused-ring (bicyclic) bond motifs is 2. The van der Waals surface area contributed by atoms with E-state index in [1.54, 1.807) is 0 Å². The van der Waals surface area contributed by atoms with Crippen molar-refractivity contribution in [2.45, 2.75) is 6.54 Å². The SMILES string of the molecule is C=N/C1=C(\N(C)C)c2ccccc2CN(C)c2ccccc21. The summed E-state index contributed by atoms with van der Waals surface area (Å²) in [5.41, 5.74) is 6.86. The van der Waals surface area contributed by atoms with Gasteiger partial charge in [-0.05, 0) is 18.3 Å². The lowest BCUT2D eigenvalue weighted by Gasteiger charge is -2.30. The maximum absolute atomic E-state index is 4.39. The van der Waals surface area contributed by atoms with Crippen LogP contribution >= 0.6 is 0 Å². The average Bonchev–Trinajstić information content (AvgIpc) is 2.52. The van der Waals surface area contributed by atoms with Crippen LogP contribution < -0.4 is 4.90 Å². The normalized spacial score (nSPS) is 17.1. The summed E-state index contributed by atoms with van der Waals surface area (Å²) < 4.78 is 0. The van der Waals surface area contributed by atoms with Gasteiger partial charge in [0, 0.05) is 44.5 Å². The number of aliphatic imine (C=N–C) groups is 1. The van der Waals surface area contributed by atoms with Crippen molar-refractivity contribution < 1.29 is 0 Å². The van der Waals surface area contributed by atoms with Crippen LogP contribution in [-0.4, -0.2) is 32.8 Å². The van der Waals surface area contributed by atoms with Crippen molar-refractivity contribution in [2.24, 2.45) is 4.99 Å². The van der Waals surface area contributed by atoms with Gasteiger partial charge in [-0.3, -0.25) is 4.99 Å². The Morgan fingerprint density at radius 1 is 1.00 bits per heavy atom. The highest BCUT2D eigenvalue weighted by molar-refractivity contribution is 5.95. The van der Waals surface area contributed by atoms with Crippen molar-refractivity contribution in [2.75, 3.05) is 26.0 Å². The summed E-state index contributed by atoms with van der Waals surface area (Å²) in [5, 5.41) is 0. The largest absolute Gasteiger partial charge is 0.375 e. The lowest BCUT2D eigenvalue weighted by Crippen LogP contribution is -2.23. The van der Waals surface area contributed by atoms with Crippen molar-refractivity contribution in [1.82, 2.24) is 4.90 Å². The summed E-state index contributed by atoms with van der Waals surface area (Å²) in [7, 11) is 6.24. The average molecular weight is 291 g/mol. The number of benzene rings is 2. The molecule has 0 bridgehead atoms. The van der Waals surface area contributed by atoms with Crippen LogP contribution in [0.5, 0.6) is 0 Å². The Morgan fingerprint density at radius 3 is 2.32 bits per heavy atom. The third kappa shape index (κ3) is 2.29. The highest BCUT2D eigenvalue weighted by Crippen LogP contribution is 2.38. The minimum absolute atomic E-state index is 0.870. The summed E-state index contributed by atoms with van der Waals surface area (Å²) in [4.78, 5) is 8.79. The van der Waals surface area contributed by atoms with Gasteiger partial charge in [0.25, 0.3) is 0 Å². The van der Waals surface area contributed by atoms with Gasteiger partial charge in [-0.25, -0.2) is 0 Å². The molecule has 0 unspecified atom stereocenters. The van der Waals surface area contributed by atoms with Crippen LogP contribution in [0.2, 0.25) is 0 Å². The molecule has 3 nitrogen and oxygen atoms in total. The Hall–Kier alpha value is -2.55. The molecular weight excluding hydrogens is 270 g/mol. The summed E-state index contributed by atoms with van der Waals surface area (Å²) in [6.45, 7) is 4.70. The third-order valence-electron chi connectivity index (χ3n) is 4.08. The minimum Gasteiger partial charge on any atom is -0.375 e. The van der Waals surface area contributed by atoms with E-state index >= 15 is 0 Å². The van der Waals surface area contributed by atoms with Crippen molar-refractivity contribution in [3.8, 4) is 0 Å². The first-order valence-electron chi connectivity index (χ1n) is 7.40. The van der Waals surface area contributed by atoms with E-state index in [1.165, 1.54) is 16.8 Å². The second-order valence-corrected chi connectivity index (χ2v) is 5.78. The fraction of sp³-hybridized carbons (Fsp3) is 0.211. The van der Waals surface area contributed by atoms with Crippen molar-refractivity contribution in [3.63, 3.8) is 0 Å². The van der Waals surface area contributed by atoms with Crippen LogP contribution in [0.25, 0.3) is 11.4 Å². The molecule has 0 saturated heterocycles. The number of rotatable bonds is 2. The molecule has 0 N–H and O–H groups in total. The standard InChI is InChI=1S/C19H21N3/c1-20-18-16-11-7-8-12-17(16)22(4)13-14-9-5-6-10-15(14)19(18)21(2)3/h5-12H,1,13H2,2-4H3/b19-18-. The van der Waals surface area contributed by atoms with Gasteiger partial charge in [0.15, 0.2) is 0 Å². The third-order valence-corrected chi connectivity index (χ3v) is 4.08. The van der Waals surface area contributed by atoms with Gasteiger partial charge in [-0.1, -0.05) is 42.5 Å². The zero-order valence-electron chi connectivity index (χ0n) is 13.4.